The predicted molar refractivity (Wildman–Crippen MR) is 138 cm³/mol. The van der Waals surface area contributed by atoms with E-state index in [0.29, 0.717) is 28.0 Å². The smallest absolute Gasteiger partial charge is 0.341 e. The number of carboxylic acids is 1. The molecule has 190 valence electrons. The lowest BCUT2D eigenvalue weighted by atomic mass is 9.96. The van der Waals surface area contributed by atoms with Crippen molar-refractivity contribution in [1.82, 2.24) is 0 Å². The van der Waals surface area contributed by atoms with E-state index in [1.807, 2.05) is 30.3 Å². The summed E-state index contributed by atoms with van der Waals surface area (Å²) in [4.78, 5) is 11.4. The molecule has 0 unspecified atom stereocenters. The van der Waals surface area contributed by atoms with Gasteiger partial charge in [-0.25, -0.2) is 4.79 Å². The number of benzene rings is 4. The Morgan fingerprint density at radius 2 is 1.46 bits per heavy atom. The largest absolute Gasteiger partial charge is 0.508 e. The molecule has 0 amide bonds. The van der Waals surface area contributed by atoms with Crippen molar-refractivity contribution in [3.63, 3.8) is 0 Å². The number of hydrogen-bond acceptors (Lipinski definition) is 7. The molecule has 3 N–H and O–H groups in total. The topological polar surface area (TPSA) is 115 Å². The summed E-state index contributed by atoms with van der Waals surface area (Å²) in [5.41, 5.74) is 3.10. The number of carbonyl (C=O) groups is 1. The van der Waals surface area contributed by atoms with Crippen LogP contribution in [0.25, 0.3) is 22.3 Å². The number of methoxy groups -OCH3 is 2. The van der Waals surface area contributed by atoms with Gasteiger partial charge in [0, 0.05) is 5.56 Å². The first-order valence-corrected chi connectivity index (χ1v) is 11.3. The summed E-state index contributed by atoms with van der Waals surface area (Å²) in [5.74, 6) is -0.139. The van der Waals surface area contributed by atoms with E-state index in [9.17, 15) is 20.1 Å². The van der Waals surface area contributed by atoms with E-state index in [2.05, 4.69) is 0 Å². The fourth-order valence-electron chi connectivity index (χ4n) is 3.91. The van der Waals surface area contributed by atoms with Crippen LogP contribution in [0.4, 0.5) is 0 Å². The first kappa shape index (κ1) is 25.2. The second-order valence-electron chi connectivity index (χ2n) is 8.05. The van der Waals surface area contributed by atoms with Crippen LogP contribution in [0.15, 0.2) is 78.9 Å². The van der Waals surface area contributed by atoms with E-state index in [0.717, 1.165) is 5.56 Å². The van der Waals surface area contributed by atoms with Gasteiger partial charge in [-0.1, -0.05) is 48.5 Å². The predicted octanol–water partition coefficient (Wildman–Crippen LogP) is 5.49. The lowest BCUT2D eigenvalue weighted by Gasteiger charge is -2.21. The Hall–Kier alpha value is -4.85. The Kier molecular flexibility index (Phi) is 7.68. The number of rotatable bonds is 10. The lowest BCUT2D eigenvalue weighted by Crippen LogP contribution is -2.11. The Balaban J connectivity index is 1.80. The highest BCUT2D eigenvalue weighted by atomic mass is 16.5. The zero-order valence-corrected chi connectivity index (χ0v) is 20.3. The van der Waals surface area contributed by atoms with Crippen molar-refractivity contribution < 1.29 is 39.1 Å². The molecule has 8 nitrogen and oxygen atoms in total. The van der Waals surface area contributed by atoms with Crippen LogP contribution in [0.2, 0.25) is 0 Å². The highest BCUT2D eigenvalue weighted by Crippen LogP contribution is 2.51. The average molecular weight is 503 g/mol. The molecule has 4 rings (SSSR count). The normalized spacial score (nSPS) is 10.5. The molecule has 0 spiro atoms. The van der Waals surface area contributed by atoms with Crippen molar-refractivity contribution in [2.75, 3.05) is 20.8 Å². The number of phenols is 2. The zero-order valence-electron chi connectivity index (χ0n) is 20.3. The standard InChI is InChI=1S/C29H26O8/c1-34-25-15-22(19-8-11-21(30)12-9-19)28(35-2)29(37-17-26(32)33)27(25)20-10-13-24(23(31)14-20)36-16-18-6-4-3-5-7-18/h3-15,30-31H,16-17H2,1-2H3,(H,32,33). The fourth-order valence-corrected chi connectivity index (χ4v) is 3.91. The molecule has 0 saturated carbocycles. The van der Waals surface area contributed by atoms with Crippen LogP contribution in [-0.2, 0) is 11.4 Å². The van der Waals surface area contributed by atoms with E-state index in [1.54, 1.807) is 30.3 Å². The molecular weight excluding hydrogens is 476 g/mol. The van der Waals surface area contributed by atoms with Crippen LogP contribution in [0, 0.1) is 0 Å². The fraction of sp³-hybridized carbons (Fsp3) is 0.138. The van der Waals surface area contributed by atoms with Crippen LogP contribution < -0.4 is 18.9 Å². The van der Waals surface area contributed by atoms with Gasteiger partial charge in [0.15, 0.2) is 29.6 Å². The van der Waals surface area contributed by atoms with E-state index in [-0.39, 0.29) is 35.4 Å². The molecular formula is C29H26O8. The second kappa shape index (κ2) is 11.3. The van der Waals surface area contributed by atoms with Gasteiger partial charge in [-0.3, -0.25) is 0 Å². The molecule has 0 atom stereocenters. The Bertz CT molecular complexity index is 1380. The number of carboxylic acid groups (broad SMARTS) is 1. The summed E-state index contributed by atoms with van der Waals surface area (Å²) in [6, 6.07) is 22.6. The maximum atomic E-state index is 11.4. The number of hydrogen-bond donors (Lipinski definition) is 3. The molecule has 0 bridgehead atoms. The molecule has 0 aliphatic rings. The van der Waals surface area contributed by atoms with Gasteiger partial charge in [0.25, 0.3) is 0 Å². The lowest BCUT2D eigenvalue weighted by molar-refractivity contribution is -0.139. The summed E-state index contributed by atoms with van der Waals surface area (Å²) in [6.07, 6.45) is 0. The maximum Gasteiger partial charge on any atom is 0.341 e. The maximum absolute atomic E-state index is 11.4. The summed E-state index contributed by atoms with van der Waals surface area (Å²) in [7, 11) is 2.92. The summed E-state index contributed by atoms with van der Waals surface area (Å²) in [6.45, 7) is -0.352. The van der Waals surface area contributed by atoms with Crippen LogP contribution in [0.5, 0.6) is 34.5 Å². The Morgan fingerprint density at radius 1 is 0.757 bits per heavy atom. The van der Waals surface area contributed by atoms with Gasteiger partial charge in [0.2, 0.25) is 0 Å². The molecule has 8 heteroatoms. The highest BCUT2D eigenvalue weighted by molar-refractivity contribution is 5.88. The van der Waals surface area contributed by atoms with Gasteiger partial charge in [-0.2, -0.15) is 0 Å². The SMILES string of the molecule is COc1cc(-c2ccc(O)cc2)c(OC)c(OCC(=O)O)c1-c1ccc(OCc2ccccc2)c(O)c1. The van der Waals surface area contributed by atoms with E-state index >= 15 is 0 Å². The van der Waals surface area contributed by atoms with Crippen LogP contribution in [-0.4, -0.2) is 42.1 Å². The van der Waals surface area contributed by atoms with Crippen molar-refractivity contribution in [3.8, 4) is 56.8 Å². The van der Waals surface area contributed by atoms with Crippen molar-refractivity contribution in [1.29, 1.82) is 0 Å². The number of aromatic hydroxyl groups is 2. The molecule has 0 aromatic heterocycles. The third-order valence-corrected chi connectivity index (χ3v) is 5.63. The third-order valence-electron chi connectivity index (χ3n) is 5.63. The molecule has 0 radical (unpaired) electrons. The molecule has 4 aromatic carbocycles. The summed E-state index contributed by atoms with van der Waals surface area (Å²) < 4.78 is 22.8. The monoisotopic (exact) mass is 502 g/mol. The van der Waals surface area contributed by atoms with E-state index in [1.165, 1.54) is 32.4 Å². The number of ether oxygens (including phenoxy) is 4. The molecule has 0 heterocycles. The van der Waals surface area contributed by atoms with Gasteiger partial charge in [0.1, 0.15) is 18.1 Å². The Labute approximate surface area is 213 Å². The summed E-state index contributed by atoms with van der Waals surface area (Å²) in [5, 5.41) is 29.7. The molecule has 37 heavy (non-hydrogen) atoms. The molecule has 0 saturated heterocycles. The molecule has 4 aromatic rings. The van der Waals surface area contributed by atoms with Crippen molar-refractivity contribution in [2.24, 2.45) is 0 Å². The van der Waals surface area contributed by atoms with E-state index < -0.39 is 12.6 Å². The van der Waals surface area contributed by atoms with E-state index in [4.69, 9.17) is 18.9 Å². The number of aliphatic carboxylic acids is 1. The Morgan fingerprint density at radius 3 is 2.08 bits per heavy atom. The minimum atomic E-state index is -1.17. The molecule has 0 aliphatic carbocycles. The van der Waals surface area contributed by atoms with Crippen LogP contribution >= 0.6 is 0 Å². The van der Waals surface area contributed by atoms with Crippen molar-refractivity contribution in [2.45, 2.75) is 6.61 Å². The summed E-state index contributed by atoms with van der Waals surface area (Å²) >= 11 is 0. The van der Waals surface area contributed by atoms with Crippen molar-refractivity contribution in [3.05, 3.63) is 84.4 Å². The average Bonchev–Trinajstić information content (AvgIpc) is 2.91. The molecule has 0 aliphatic heterocycles. The van der Waals surface area contributed by atoms with Gasteiger partial charge >= 0.3 is 5.97 Å². The minimum absolute atomic E-state index is 0.0960. The van der Waals surface area contributed by atoms with Crippen LogP contribution in [0.1, 0.15) is 5.56 Å². The molecule has 0 fully saturated rings. The van der Waals surface area contributed by atoms with Gasteiger partial charge in [-0.05, 0) is 47.0 Å². The van der Waals surface area contributed by atoms with Gasteiger partial charge in [0.05, 0.1) is 19.8 Å². The van der Waals surface area contributed by atoms with Gasteiger partial charge < -0.3 is 34.3 Å². The third kappa shape index (κ3) is 5.70. The quantitative estimate of drug-likeness (QED) is 0.261. The second-order valence-corrected chi connectivity index (χ2v) is 8.05. The van der Waals surface area contributed by atoms with Gasteiger partial charge in [-0.15, -0.1) is 0 Å². The first-order valence-electron chi connectivity index (χ1n) is 11.3. The van der Waals surface area contributed by atoms with Crippen molar-refractivity contribution >= 4 is 5.97 Å². The minimum Gasteiger partial charge on any atom is -0.508 e. The zero-order chi connectivity index (χ0) is 26.4. The first-order chi connectivity index (χ1) is 17.9. The number of phenolic OH excluding ortho intramolecular Hbond substituents is 2. The highest BCUT2D eigenvalue weighted by Gasteiger charge is 2.25. The van der Waals surface area contributed by atoms with Crippen LogP contribution in [0.3, 0.4) is 0 Å².